The number of aliphatic hydroxyl groups is 1. The van der Waals surface area contributed by atoms with Crippen molar-refractivity contribution in [3.8, 4) is 23.1 Å². The molecule has 0 radical (unpaired) electrons. The second kappa shape index (κ2) is 25.7. The second-order valence-electron chi connectivity index (χ2n) is 19.4. The fourth-order valence-corrected chi connectivity index (χ4v) is 7.77. The van der Waals surface area contributed by atoms with Crippen molar-refractivity contribution in [2.45, 2.75) is 96.9 Å². The summed E-state index contributed by atoms with van der Waals surface area (Å²) in [6.07, 6.45) is -13.0. The van der Waals surface area contributed by atoms with Crippen LogP contribution in [0.25, 0.3) is 17.0 Å². The van der Waals surface area contributed by atoms with Crippen LogP contribution in [-0.2, 0) is 49.9 Å². The van der Waals surface area contributed by atoms with Crippen LogP contribution in [0.5, 0.6) is 0 Å². The first-order chi connectivity index (χ1) is 37.2. The van der Waals surface area contributed by atoms with E-state index in [4.69, 9.17) is 5.73 Å². The number of rotatable bonds is 19. The molecule has 0 fully saturated rings. The lowest BCUT2D eigenvalue weighted by atomic mass is 9.82. The number of imidazole rings is 1. The van der Waals surface area contributed by atoms with Gasteiger partial charge in [-0.25, -0.2) is 33.4 Å². The van der Waals surface area contributed by atoms with Gasteiger partial charge in [-0.1, -0.05) is 36.1 Å². The summed E-state index contributed by atoms with van der Waals surface area (Å²) in [4.78, 5) is 73.9. The molecule has 0 saturated heterocycles. The lowest BCUT2D eigenvalue weighted by Crippen LogP contribution is -2.63. The first-order valence-corrected chi connectivity index (χ1v) is 23.9. The number of nitrogens with one attached hydrogen (secondary N) is 4. The Morgan fingerprint density at radius 1 is 0.825 bits per heavy atom. The van der Waals surface area contributed by atoms with Crippen LogP contribution in [0.2, 0.25) is 0 Å². The first-order valence-electron chi connectivity index (χ1n) is 23.9. The molecule has 1 aliphatic heterocycles. The van der Waals surface area contributed by atoms with E-state index in [1.165, 1.54) is 24.3 Å². The molecule has 4 atom stereocenters. The Morgan fingerprint density at radius 2 is 1.34 bits per heavy atom. The number of carbonyl (C=O) groups excluding carboxylic acids is 5. The number of ether oxygens (including phenoxy) is 2. The average Bonchev–Trinajstić information content (AvgIpc) is 3.78. The molecule has 5 amide bonds. The summed E-state index contributed by atoms with van der Waals surface area (Å²) in [5, 5.41) is 18.4. The van der Waals surface area contributed by atoms with Gasteiger partial charge in [0, 0.05) is 66.1 Å². The van der Waals surface area contributed by atoms with Crippen LogP contribution in [0.15, 0.2) is 77.9 Å². The average molecular weight is 1140 g/mol. The summed E-state index contributed by atoms with van der Waals surface area (Å²) in [5.41, 5.74) is 2.43. The summed E-state index contributed by atoms with van der Waals surface area (Å²) in [7, 11) is 3.26. The number of aliphatic hydroxyl groups excluding tert-OH is 1. The van der Waals surface area contributed by atoms with Gasteiger partial charge in [-0.3, -0.25) is 19.8 Å². The molecule has 0 bridgehead atoms. The molecule has 3 aromatic carbocycles. The summed E-state index contributed by atoms with van der Waals surface area (Å²) in [5.74, 6) is 0.467. The lowest BCUT2D eigenvalue weighted by Gasteiger charge is -2.38. The number of likely N-dealkylation sites (N-methyl/N-ethyl adjacent to an activating group) is 1. The smallest absolute Gasteiger partial charge is 0.407 e. The number of aliphatic imine (C=N–C) groups is 1. The molecule has 7 N–H and O–H groups in total. The number of aromatic nitrogens is 2. The maximum atomic E-state index is 15.9. The highest BCUT2D eigenvalue weighted by Crippen LogP contribution is 2.42. The van der Waals surface area contributed by atoms with Crippen molar-refractivity contribution in [2.24, 2.45) is 21.6 Å². The van der Waals surface area contributed by atoms with E-state index < -0.39 is 126 Å². The summed E-state index contributed by atoms with van der Waals surface area (Å²) < 4.78 is 155. The van der Waals surface area contributed by atoms with Gasteiger partial charge in [0.15, 0.2) is 0 Å². The number of hydrogen-bond donors (Lipinski definition) is 6. The minimum atomic E-state index is -5.24. The number of benzene rings is 3. The normalized spacial score (nSPS) is 14.9. The quantitative estimate of drug-likeness (QED) is 0.0199. The zero-order valence-electron chi connectivity index (χ0n) is 43.8. The van der Waals surface area contributed by atoms with Crippen molar-refractivity contribution >= 4 is 41.8 Å². The largest absolute Gasteiger partial charge is 0.453 e. The number of nitrogens with two attached hydrogens (primary N) is 1. The number of allylic oxidation sites excluding steroid dienone is 1. The van der Waals surface area contributed by atoms with Crippen LogP contribution in [-0.4, -0.2) is 132 Å². The Balaban J connectivity index is 1.53. The van der Waals surface area contributed by atoms with Gasteiger partial charge in [-0.2, -0.15) is 35.1 Å². The molecular formula is C52H56F10N10O8. The third kappa shape index (κ3) is 15.8. The molecule has 0 saturated carbocycles. The van der Waals surface area contributed by atoms with E-state index in [2.05, 4.69) is 36.6 Å². The first kappa shape index (κ1) is 62.7. The molecule has 432 valence electrons. The molecule has 18 nitrogen and oxygen atoms in total. The SMILES string of the molecule is COC(=O)N[C@H](C(=O)N[C@@H](Cc1ccc(C#Cc2ccc(-c3cn4c(n3)CN(C)C(=O)C4)cc2)cc1)[C@@H](O)CN(Cc1c(F)cc(C(N)=CC=NC(F)F)cc1F)NC(=O)[C@@H](NC(=O)OC)C(C)(C)C(F)(F)F)C(C)(C)C(F)(F)F. The van der Waals surface area contributed by atoms with Crippen LogP contribution < -0.4 is 27.1 Å². The van der Waals surface area contributed by atoms with Gasteiger partial charge in [0.25, 0.3) is 5.91 Å². The topological polar surface area (TPSA) is 235 Å². The maximum Gasteiger partial charge on any atom is 0.407 e. The number of amides is 5. The summed E-state index contributed by atoms with van der Waals surface area (Å²) >= 11 is 0. The van der Waals surface area contributed by atoms with Crippen LogP contribution in [0.3, 0.4) is 0 Å². The Bertz CT molecular complexity index is 3000. The predicted octanol–water partition coefficient (Wildman–Crippen LogP) is 6.34. The van der Waals surface area contributed by atoms with Crippen LogP contribution in [0.4, 0.5) is 53.5 Å². The Labute approximate surface area is 451 Å². The molecule has 28 heteroatoms. The van der Waals surface area contributed by atoms with Gasteiger partial charge in [-0.15, -0.1) is 0 Å². The number of carbonyl (C=O) groups is 5. The third-order valence-corrected chi connectivity index (χ3v) is 13.0. The van der Waals surface area contributed by atoms with Crippen LogP contribution >= 0.6 is 0 Å². The third-order valence-electron chi connectivity index (χ3n) is 13.0. The van der Waals surface area contributed by atoms with Gasteiger partial charge in [0.05, 0.1) is 49.4 Å². The maximum absolute atomic E-state index is 15.9. The van der Waals surface area contributed by atoms with E-state index in [9.17, 15) is 64.2 Å². The number of alkyl halides is 8. The van der Waals surface area contributed by atoms with Crippen molar-refractivity contribution in [3.05, 3.63) is 118 Å². The lowest BCUT2D eigenvalue weighted by molar-refractivity contribution is -0.221. The molecule has 0 spiro atoms. The number of hydrogen-bond acceptors (Lipinski definition) is 12. The zero-order valence-corrected chi connectivity index (χ0v) is 43.8. The minimum absolute atomic E-state index is 0.0536. The van der Waals surface area contributed by atoms with Crippen molar-refractivity contribution < 1.29 is 82.5 Å². The molecule has 1 aromatic heterocycles. The van der Waals surface area contributed by atoms with Gasteiger partial charge >= 0.3 is 31.1 Å². The van der Waals surface area contributed by atoms with Gasteiger partial charge < -0.3 is 45.7 Å². The van der Waals surface area contributed by atoms with E-state index in [1.54, 1.807) is 52.3 Å². The molecule has 2 heterocycles. The van der Waals surface area contributed by atoms with Crippen LogP contribution in [0.1, 0.15) is 61.3 Å². The molecule has 5 rings (SSSR count). The van der Waals surface area contributed by atoms with E-state index in [1.807, 2.05) is 10.7 Å². The van der Waals surface area contributed by atoms with E-state index in [0.29, 0.717) is 74.4 Å². The Morgan fingerprint density at radius 3 is 1.84 bits per heavy atom. The van der Waals surface area contributed by atoms with Crippen molar-refractivity contribution in [1.82, 2.24) is 40.8 Å². The molecule has 1 aliphatic rings. The number of halogens is 10. The number of nitrogens with zero attached hydrogens (tertiary/aromatic N) is 5. The minimum Gasteiger partial charge on any atom is -0.453 e. The Kier molecular flexibility index (Phi) is 20.1. The fourth-order valence-electron chi connectivity index (χ4n) is 7.77. The van der Waals surface area contributed by atoms with E-state index in [0.717, 1.165) is 31.7 Å². The van der Waals surface area contributed by atoms with E-state index >= 15 is 8.78 Å². The molecule has 0 aliphatic carbocycles. The Hall–Kier alpha value is -8.19. The number of alkyl carbamates (subject to hydrolysis) is 2. The van der Waals surface area contributed by atoms with Crippen LogP contribution in [0, 0.1) is 34.3 Å². The highest BCUT2D eigenvalue weighted by molar-refractivity contribution is 5.87. The summed E-state index contributed by atoms with van der Waals surface area (Å²) in [6, 6.07) is 7.38. The zero-order chi connectivity index (χ0) is 59.7. The van der Waals surface area contributed by atoms with E-state index in [-0.39, 0.29) is 18.0 Å². The van der Waals surface area contributed by atoms with Gasteiger partial charge in [0.2, 0.25) is 11.8 Å². The van der Waals surface area contributed by atoms with Gasteiger partial charge in [-0.05, 0) is 82.2 Å². The molecular weight excluding hydrogens is 1080 g/mol. The predicted molar refractivity (Wildman–Crippen MR) is 268 cm³/mol. The van der Waals surface area contributed by atoms with Crippen molar-refractivity contribution in [1.29, 1.82) is 0 Å². The number of methoxy groups -OCH3 is 2. The standard InChI is InChI=1S/C52H56F10N10O8/c1-49(2,51(57,58)59)42(67-47(77)79-6)44(75)66-37(20-30-12-10-28(11-13-30)8-9-29-14-16-31(17-15-29)38-24-71-27-41(74)70(5)26-40(71)65-38)39(73)25-72(69-45(76)43(68-48(78)80-7)50(3,4)52(60,61)62)23-33-34(53)21-32(22-35(33)54)36(63)18-19-64-46(55)56/h10-19,21-22,24,37,39,42-43,46,73H,20,23,25-27,63H2,1-7H3,(H,66,75)(H,67,77)(H,68,78)(H,69,76)/t37-,39-,42+,43+/m0/s1. The van der Waals surface area contributed by atoms with Crippen molar-refractivity contribution in [2.75, 3.05) is 27.8 Å². The number of fused-ring (bicyclic) bond motifs is 1. The highest BCUT2D eigenvalue weighted by atomic mass is 19.4. The fraction of sp³-hybridized carbons (Fsp3) is 0.404. The molecule has 0 unspecified atom stereocenters. The monoisotopic (exact) mass is 1140 g/mol. The highest BCUT2D eigenvalue weighted by Gasteiger charge is 2.57. The van der Waals surface area contributed by atoms with Gasteiger partial charge in [0.1, 0.15) is 36.1 Å². The second-order valence-corrected chi connectivity index (χ2v) is 19.4. The number of hydrazine groups is 1. The molecule has 80 heavy (non-hydrogen) atoms. The molecule has 4 aromatic rings. The van der Waals surface area contributed by atoms with Crippen molar-refractivity contribution in [3.63, 3.8) is 0 Å². The summed E-state index contributed by atoms with van der Waals surface area (Å²) in [6.45, 7) is -2.76.